The van der Waals surface area contributed by atoms with Gasteiger partial charge in [-0.15, -0.1) is 0 Å². The van der Waals surface area contributed by atoms with Gasteiger partial charge in [0.05, 0.1) is 0 Å². The third kappa shape index (κ3) is 68.2. The van der Waals surface area contributed by atoms with Gasteiger partial charge in [-0.3, -0.25) is 14.4 Å². The number of esters is 3. The number of carbonyl (C=O) groups excluding carboxylic acids is 3. The van der Waals surface area contributed by atoms with Crippen LogP contribution in [0.4, 0.5) is 0 Å². The van der Waals surface area contributed by atoms with Crippen molar-refractivity contribution in [3.8, 4) is 0 Å². The Labute approximate surface area is 511 Å². The zero-order chi connectivity index (χ0) is 59.2. The normalized spacial score (nSPS) is 12.3. The summed E-state index contributed by atoms with van der Waals surface area (Å²) in [5, 5.41) is 0. The molecule has 0 saturated heterocycles. The Morgan fingerprint density at radius 1 is 0.256 bits per heavy atom. The van der Waals surface area contributed by atoms with E-state index in [1.54, 1.807) is 0 Å². The fourth-order valence-corrected chi connectivity index (χ4v) is 11.2. The first-order valence-corrected chi connectivity index (χ1v) is 36.6. The van der Waals surface area contributed by atoms with Gasteiger partial charge < -0.3 is 14.2 Å². The van der Waals surface area contributed by atoms with Crippen LogP contribution in [0.15, 0.2) is 48.6 Å². The van der Waals surface area contributed by atoms with Crippen molar-refractivity contribution in [3.63, 3.8) is 0 Å². The molecule has 0 aliphatic carbocycles. The van der Waals surface area contributed by atoms with Gasteiger partial charge in [-0.1, -0.05) is 384 Å². The summed E-state index contributed by atoms with van der Waals surface area (Å²) in [5.41, 5.74) is 0. The molecule has 0 radical (unpaired) electrons. The maximum Gasteiger partial charge on any atom is 0.306 e. The van der Waals surface area contributed by atoms with Crippen molar-refractivity contribution < 1.29 is 28.6 Å². The van der Waals surface area contributed by atoms with Crippen LogP contribution in [0.25, 0.3) is 0 Å². The molecule has 0 aromatic heterocycles. The average molecular weight is 1150 g/mol. The lowest BCUT2D eigenvalue weighted by molar-refractivity contribution is -0.166. The second-order valence-electron chi connectivity index (χ2n) is 24.8. The van der Waals surface area contributed by atoms with E-state index in [0.29, 0.717) is 19.3 Å². The van der Waals surface area contributed by atoms with Gasteiger partial charge in [0.2, 0.25) is 0 Å². The number of allylic oxidation sites excluding steroid dienone is 8. The smallest absolute Gasteiger partial charge is 0.306 e. The minimum absolute atomic E-state index is 0.0899. The fraction of sp³-hybridized carbons (Fsp3) is 0.855. The summed E-state index contributed by atoms with van der Waals surface area (Å²) < 4.78 is 16.9. The highest BCUT2D eigenvalue weighted by molar-refractivity contribution is 5.71. The van der Waals surface area contributed by atoms with E-state index in [4.69, 9.17) is 14.2 Å². The van der Waals surface area contributed by atoms with Crippen molar-refractivity contribution in [1.82, 2.24) is 0 Å². The average Bonchev–Trinajstić information content (AvgIpc) is 3.47. The van der Waals surface area contributed by atoms with Gasteiger partial charge in [0, 0.05) is 19.3 Å². The van der Waals surface area contributed by atoms with Gasteiger partial charge in [0.15, 0.2) is 6.10 Å². The van der Waals surface area contributed by atoms with Crippen LogP contribution in [-0.2, 0) is 28.6 Å². The molecule has 0 aliphatic heterocycles. The molecule has 1 unspecified atom stereocenters. The first-order chi connectivity index (χ1) is 40.5. The molecular formula is C76H140O6. The number of carbonyl (C=O) groups is 3. The summed E-state index contributed by atoms with van der Waals surface area (Å²) in [6.45, 7) is 6.53. The van der Waals surface area contributed by atoms with E-state index in [2.05, 4.69) is 63.3 Å². The first-order valence-electron chi connectivity index (χ1n) is 36.6. The van der Waals surface area contributed by atoms with Crippen molar-refractivity contribution in [1.29, 1.82) is 0 Å². The maximum absolute atomic E-state index is 12.9. The van der Waals surface area contributed by atoms with Gasteiger partial charge in [-0.2, -0.15) is 0 Å². The lowest BCUT2D eigenvalue weighted by atomic mass is 10.0. The van der Waals surface area contributed by atoms with E-state index in [1.807, 2.05) is 6.08 Å². The third-order valence-electron chi connectivity index (χ3n) is 16.6. The van der Waals surface area contributed by atoms with E-state index in [1.165, 1.54) is 289 Å². The first kappa shape index (κ1) is 79.4. The predicted molar refractivity (Wildman–Crippen MR) is 358 cm³/mol. The molecule has 1 atom stereocenters. The number of hydrogen-bond acceptors (Lipinski definition) is 6. The van der Waals surface area contributed by atoms with E-state index >= 15 is 0 Å². The largest absolute Gasteiger partial charge is 0.462 e. The van der Waals surface area contributed by atoms with E-state index < -0.39 is 6.10 Å². The van der Waals surface area contributed by atoms with Crippen molar-refractivity contribution in [2.24, 2.45) is 0 Å². The van der Waals surface area contributed by atoms with E-state index in [9.17, 15) is 14.4 Å². The van der Waals surface area contributed by atoms with Crippen LogP contribution in [0.1, 0.15) is 400 Å². The predicted octanol–water partition coefficient (Wildman–Crippen LogP) is 25.3. The maximum atomic E-state index is 12.9. The monoisotopic (exact) mass is 1150 g/mol. The van der Waals surface area contributed by atoms with Crippen molar-refractivity contribution >= 4 is 17.9 Å². The van der Waals surface area contributed by atoms with Crippen LogP contribution in [0.2, 0.25) is 0 Å². The number of ether oxygens (including phenoxy) is 3. The number of rotatable bonds is 68. The number of hydrogen-bond donors (Lipinski definition) is 0. The highest BCUT2D eigenvalue weighted by Gasteiger charge is 2.19. The molecule has 0 spiro atoms. The lowest BCUT2D eigenvalue weighted by Gasteiger charge is -2.18. The molecule has 0 N–H and O–H groups in total. The summed E-state index contributed by atoms with van der Waals surface area (Å²) in [4.78, 5) is 38.3. The Bertz CT molecular complexity index is 1410. The standard InChI is InChI=1S/C76H140O6/c1-4-7-10-13-16-19-22-25-27-29-30-31-32-33-34-35-36-37-38-39-40-41-42-43-44-45-46-47-49-51-54-57-60-63-66-69-75(78)81-72-73(71-80-74(77)68-65-62-59-56-53-50-24-21-18-15-12-9-6-3)82-76(79)70-67-64-61-58-55-52-48-28-26-23-20-17-14-11-8-5-2/h9,12,18,21,50,53,59,62,73H,4-8,10-11,13-17,19-20,22-49,51-52,54-58,60-61,63-72H2,1-3H3/b12-9-,21-18-,53-50-,62-59-. The third-order valence-corrected chi connectivity index (χ3v) is 16.6. The molecule has 0 aromatic carbocycles. The molecule has 6 nitrogen and oxygen atoms in total. The van der Waals surface area contributed by atoms with Crippen molar-refractivity contribution in [2.75, 3.05) is 13.2 Å². The van der Waals surface area contributed by atoms with Gasteiger partial charge in [0.1, 0.15) is 13.2 Å². The van der Waals surface area contributed by atoms with Crippen molar-refractivity contribution in [3.05, 3.63) is 48.6 Å². The lowest BCUT2D eigenvalue weighted by Crippen LogP contribution is -2.30. The molecule has 0 aliphatic rings. The zero-order valence-electron chi connectivity index (χ0n) is 55.3. The quantitative estimate of drug-likeness (QED) is 0.0261. The van der Waals surface area contributed by atoms with Crippen LogP contribution in [0, 0.1) is 0 Å². The van der Waals surface area contributed by atoms with Gasteiger partial charge >= 0.3 is 17.9 Å². The highest BCUT2D eigenvalue weighted by atomic mass is 16.6. The molecule has 0 rings (SSSR count). The second-order valence-corrected chi connectivity index (χ2v) is 24.8. The Hall–Kier alpha value is -2.63. The highest BCUT2D eigenvalue weighted by Crippen LogP contribution is 2.19. The van der Waals surface area contributed by atoms with Crippen LogP contribution >= 0.6 is 0 Å². The molecular weight excluding hydrogens is 1010 g/mol. The zero-order valence-corrected chi connectivity index (χ0v) is 55.3. The Morgan fingerprint density at radius 3 is 0.744 bits per heavy atom. The van der Waals surface area contributed by atoms with Crippen LogP contribution < -0.4 is 0 Å². The molecule has 6 heteroatoms. The summed E-state index contributed by atoms with van der Waals surface area (Å²) in [7, 11) is 0. The topological polar surface area (TPSA) is 78.9 Å². The minimum atomic E-state index is -0.799. The molecule has 0 bridgehead atoms. The van der Waals surface area contributed by atoms with Gasteiger partial charge in [-0.25, -0.2) is 0 Å². The SMILES string of the molecule is CC/C=C\C/C=C\C/C=C\C/C=C\CCC(=O)OCC(COC(=O)CCCCCCCCCCCCCCCCCCCCCCCCCCCCCCCCCCCCC)OC(=O)CCCCCCCCCCCCCCCCCC. The molecule has 480 valence electrons. The molecule has 0 aromatic rings. The summed E-state index contributed by atoms with van der Waals surface area (Å²) in [6, 6.07) is 0. The molecule has 0 heterocycles. The van der Waals surface area contributed by atoms with Gasteiger partial charge in [-0.05, 0) is 44.9 Å². The van der Waals surface area contributed by atoms with Crippen molar-refractivity contribution in [2.45, 2.75) is 406 Å². The Kier molecular flexibility index (Phi) is 68.6. The van der Waals surface area contributed by atoms with Gasteiger partial charge in [0.25, 0.3) is 0 Å². The summed E-state index contributed by atoms with van der Waals surface area (Å²) in [5.74, 6) is -0.950. The van der Waals surface area contributed by atoms with Crippen LogP contribution in [0.3, 0.4) is 0 Å². The molecule has 0 fully saturated rings. The van der Waals surface area contributed by atoms with E-state index in [0.717, 1.165) is 64.2 Å². The summed E-state index contributed by atoms with van der Waals surface area (Å²) in [6.07, 6.45) is 90.6. The minimum Gasteiger partial charge on any atom is -0.462 e. The molecule has 82 heavy (non-hydrogen) atoms. The number of unbranched alkanes of at least 4 members (excludes halogenated alkanes) is 49. The second kappa shape index (κ2) is 70.9. The Morgan fingerprint density at radius 2 is 0.476 bits per heavy atom. The van der Waals surface area contributed by atoms with E-state index in [-0.39, 0.29) is 37.5 Å². The fourth-order valence-electron chi connectivity index (χ4n) is 11.2. The summed E-state index contributed by atoms with van der Waals surface area (Å²) >= 11 is 0. The van der Waals surface area contributed by atoms with Crippen LogP contribution in [-0.4, -0.2) is 37.2 Å². The van der Waals surface area contributed by atoms with Crippen LogP contribution in [0.5, 0.6) is 0 Å². The molecule has 0 amide bonds. The Balaban J connectivity index is 4.07. The molecule has 0 saturated carbocycles.